The Morgan fingerprint density at radius 2 is 1.86 bits per heavy atom. The Labute approximate surface area is 159 Å². The largest absolute Gasteiger partial charge is 0.493 e. The maximum Gasteiger partial charge on any atom is 0.491 e. The van der Waals surface area contributed by atoms with Crippen molar-refractivity contribution in [2.24, 2.45) is 0 Å². The van der Waals surface area contributed by atoms with E-state index in [9.17, 15) is 22.4 Å². The number of hydrogen-bond donors (Lipinski definition) is 0. The van der Waals surface area contributed by atoms with Crippen LogP contribution in [0.4, 0.5) is 17.6 Å². The van der Waals surface area contributed by atoms with Crippen LogP contribution in [0, 0.1) is 5.82 Å². The Bertz CT molecular complexity index is 1060. The van der Waals surface area contributed by atoms with E-state index >= 15 is 0 Å². The summed E-state index contributed by atoms with van der Waals surface area (Å²) in [7, 11) is 1.17. The summed E-state index contributed by atoms with van der Waals surface area (Å²) in [5.74, 6) is -4.47. The topological polar surface area (TPSA) is 70.5 Å². The summed E-state index contributed by atoms with van der Waals surface area (Å²) in [6.07, 6.45) is -4.11. The predicted molar refractivity (Wildman–Crippen MR) is 89.3 cm³/mol. The van der Waals surface area contributed by atoms with Crippen molar-refractivity contribution in [1.29, 1.82) is 0 Å². The first kappa shape index (κ1) is 19.6. The van der Waals surface area contributed by atoms with E-state index in [4.69, 9.17) is 21.1 Å². The fourth-order valence-corrected chi connectivity index (χ4v) is 2.35. The Balaban J connectivity index is 2.08. The molecule has 0 radical (unpaired) electrons. The van der Waals surface area contributed by atoms with Crippen LogP contribution in [0.5, 0.6) is 23.1 Å². The summed E-state index contributed by atoms with van der Waals surface area (Å²) >= 11 is 5.69. The zero-order valence-electron chi connectivity index (χ0n) is 13.9. The Morgan fingerprint density at radius 3 is 2.54 bits per heavy atom. The lowest BCUT2D eigenvalue weighted by Crippen LogP contribution is -2.28. The number of nitrogens with zero attached hydrogens (tertiary/aromatic N) is 2. The summed E-state index contributed by atoms with van der Waals surface area (Å²) in [6.45, 7) is 0. The molecular formula is C17H9ClF4N2O4. The molecule has 6 nitrogen and oxygen atoms in total. The lowest BCUT2D eigenvalue weighted by Gasteiger charge is -2.13. The van der Waals surface area contributed by atoms with E-state index in [-0.39, 0.29) is 33.3 Å². The van der Waals surface area contributed by atoms with Gasteiger partial charge in [-0.2, -0.15) is 13.2 Å². The van der Waals surface area contributed by atoms with Crippen LogP contribution >= 0.6 is 11.6 Å². The maximum absolute atomic E-state index is 14.1. The van der Waals surface area contributed by atoms with Gasteiger partial charge in [0.05, 0.1) is 23.0 Å². The Hall–Kier alpha value is -3.14. The van der Waals surface area contributed by atoms with Gasteiger partial charge in [0, 0.05) is 6.07 Å². The first-order valence-corrected chi connectivity index (χ1v) is 7.82. The van der Waals surface area contributed by atoms with Gasteiger partial charge in [0.2, 0.25) is 5.88 Å². The van der Waals surface area contributed by atoms with E-state index in [1.54, 1.807) is 0 Å². The molecule has 0 saturated heterocycles. The molecule has 0 unspecified atom stereocenters. The molecule has 3 aromatic rings. The second kappa shape index (κ2) is 7.47. The number of hydrogen-bond acceptors (Lipinski definition) is 6. The average Bonchev–Trinajstić information content (AvgIpc) is 2.64. The van der Waals surface area contributed by atoms with Gasteiger partial charge in [-0.1, -0.05) is 17.7 Å². The average molecular weight is 417 g/mol. The van der Waals surface area contributed by atoms with Crippen LogP contribution in [0.15, 0.2) is 36.7 Å². The van der Waals surface area contributed by atoms with Gasteiger partial charge in [0.1, 0.15) is 6.33 Å². The number of benzene rings is 2. The number of methoxy groups -OCH3 is 1. The van der Waals surface area contributed by atoms with Crippen molar-refractivity contribution in [3.05, 3.63) is 47.5 Å². The summed E-state index contributed by atoms with van der Waals surface area (Å²) in [4.78, 5) is 19.0. The normalized spacial score (nSPS) is 11.4. The van der Waals surface area contributed by atoms with E-state index in [0.717, 1.165) is 12.4 Å². The van der Waals surface area contributed by atoms with Gasteiger partial charge in [-0.25, -0.2) is 19.2 Å². The summed E-state index contributed by atoms with van der Waals surface area (Å²) in [5.41, 5.74) is 0.191. The highest BCUT2D eigenvalue weighted by Gasteiger charge is 2.42. The van der Waals surface area contributed by atoms with Crippen LogP contribution in [0.25, 0.3) is 10.9 Å². The molecule has 0 N–H and O–H groups in total. The van der Waals surface area contributed by atoms with E-state index < -0.39 is 23.7 Å². The molecule has 146 valence electrons. The van der Waals surface area contributed by atoms with E-state index in [2.05, 4.69) is 14.7 Å². The quantitative estimate of drug-likeness (QED) is 0.349. The minimum Gasteiger partial charge on any atom is -0.493 e. The lowest BCUT2D eigenvalue weighted by molar-refractivity contribution is -0.189. The zero-order chi connectivity index (χ0) is 20.5. The molecule has 3 rings (SSSR count). The first-order chi connectivity index (χ1) is 13.2. The van der Waals surface area contributed by atoms with E-state index in [0.29, 0.717) is 0 Å². The van der Waals surface area contributed by atoms with Crippen molar-refractivity contribution >= 4 is 28.5 Å². The molecule has 1 aromatic heterocycles. The van der Waals surface area contributed by atoms with Gasteiger partial charge in [-0.3, -0.25) is 0 Å². The van der Waals surface area contributed by atoms with E-state index in [1.165, 1.54) is 31.4 Å². The number of esters is 1. The van der Waals surface area contributed by atoms with Crippen LogP contribution in [-0.4, -0.2) is 29.2 Å². The summed E-state index contributed by atoms with van der Waals surface area (Å²) in [6, 6.07) is 6.27. The van der Waals surface area contributed by atoms with Crippen LogP contribution < -0.4 is 14.2 Å². The lowest BCUT2D eigenvalue weighted by atomic mass is 10.2. The second-order valence-electron chi connectivity index (χ2n) is 5.24. The first-order valence-electron chi connectivity index (χ1n) is 7.44. The Morgan fingerprint density at radius 1 is 1.11 bits per heavy atom. The number of halogens is 5. The zero-order valence-corrected chi connectivity index (χ0v) is 14.6. The minimum absolute atomic E-state index is 0.0488. The third-order valence-electron chi connectivity index (χ3n) is 3.44. The third-order valence-corrected chi connectivity index (χ3v) is 3.73. The fourth-order valence-electron chi connectivity index (χ4n) is 2.19. The number of ether oxygens (including phenoxy) is 3. The molecule has 0 bridgehead atoms. The fraction of sp³-hybridized carbons (Fsp3) is 0.118. The van der Waals surface area contributed by atoms with Crippen molar-refractivity contribution in [2.45, 2.75) is 6.18 Å². The maximum atomic E-state index is 14.1. The van der Waals surface area contributed by atoms with Crippen LogP contribution in [-0.2, 0) is 4.79 Å². The third kappa shape index (κ3) is 3.91. The highest BCUT2D eigenvalue weighted by Crippen LogP contribution is 2.37. The van der Waals surface area contributed by atoms with Gasteiger partial charge in [-0.05, 0) is 18.2 Å². The van der Waals surface area contributed by atoms with Crippen molar-refractivity contribution in [2.75, 3.05) is 7.11 Å². The van der Waals surface area contributed by atoms with Crippen LogP contribution in [0.1, 0.15) is 0 Å². The number of aromatic nitrogens is 2. The highest BCUT2D eigenvalue weighted by molar-refractivity contribution is 6.30. The number of carbonyl (C=O) groups is 1. The molecule has 0 fully saturated rings. The van der Waals surface area contributed by atoms with Gasteiger partial charge in [0.25, 0.3) is 0 Å². The standard InChI is InChI=1S/C17H9ClF4N2O4/c1-26-12-6-10-8(5-13(12)28-16(25)17(20,21)22)15(24-7-23-10)27-11-4-2-3-9(18)14(11)19/h2-7H,1H3. The van der Waals surface area contributed by atoms with Crippen LogP contribution in [0.2, 0.25) is 5.02 Å². The molecule has 0 aliphatic heterocycles. The molecule has 0 saturated carbocycles. The van der Waals surface area contributed by atoms with Crippen LogP contribution in [0.3, 0.4) is 0 Å². The van der Waals surface area contributed by atoms with Gasteiger partial charge >= 0.3 is 12.1 Å². The second-order valence-corrected chi connectivity index (χ2v) is 5.65. The molecular weight excluding hydrogens is 408 g/mol. The van der Waals surface area contributed by atoms with Crippen molar-refractivity contribution in [1.82, 2.24) is 9.97 Å². The van der Waals surface area contributed by atoms with Crippen molar-refractivity contribution < 1.29 is 36.6 Å². The molecule has 0 atom stereocenters. The number of fused-ring (bicyclic) bond motifs is 1. The summed E-state index contributed by atoms with van der Waals surface area (Å²) in [5, 5.41) is -0.148. The molecule has 1 heterocycles. The smallest absolute Gasteiger partial charge is 0.491 e. The Kier molecular flexibility index (Phi) is 5.23. The van der Waals surface area contributed by atoms with Gasteiger partial charge in [-0.15, -0.1) is 0 Å². The SMILES string of the molecule is COc1cc2ncnc(Oc3cccc(Cl)c3F)c2cc1OC(=O)C(F)(F)F. The van der Waals surface area contributed by atoms with Gasteiger partial charge < -0.3 is 14.2 Å². The molecule has 0 spiro atoms. The monoisotopic (exact) mass is 416 g/mol. The molecule has 0 aliphatic carbocycles. The summed E-state index contributed by atoms with van der Waals surface area (Å²) < 4.78 is 66.3. The molecule has 11 heteroatoms. The molecule has 28 heavy (non-hydrogen) atoms. The molecule has 0 amide bonds. The molecule has 0 aliphatic rings. The van der Waals surface area contributed by atoms with Crippen molar-refractivity contribution in [3.8, 4) is 23.1 Å². The molecule has 2 aromatic carbocycles. The van der Waals surface area contributed by atoms with Crippen molar-refractivity contribution in [3.63, 3.8) is 0 Å². The van der Waals surface area contributed by atoms with E-state index in [1.807, 2.05) is 0 Å². The number of alkyl halides is 3. The minimum atomic E-state index is -5.21. The number of rotatable bonds is 4. The highest BCUT2D eigenvalue weighted by atomic mass is 35.5. The van der Waals surface area contributed by atoms with Gasteiger partial charge in [0.15, 0.2) is 23.1 Å². The number of carbonyl (C=O) groups excluding carboxylic acids is 1. The predicted octanol–water partition coefficient (Wildman–Crippen LogP) is 4.69.